The number of carbonyl (C=O) groups excluding carboxylic acids is 2. The Hall–Kier alpha value is -3.77. The third-order valence-corrected chi connectivity index (χ3v) is 8.69. The van der Waals surface area contributed by atoms with Crippen molar-refractivity contribution >= 4 is 35.0 Å². The van der Waals surface area contributed by atoms with E-state index in [4.69, 9.17) is 37.9 Å². The molecule has 12 heteroatoms. The summed E-state index contributed by atoms with van der Waals surface area (Å²) >= 11 is 12.4. The molecule has 2 heterocycles. The van der Waals surface area contributed by atoms with Crippen molar-refractivity contribution in [1.82, 2.24) is 20.3 Å². The number of aromatic nitrogens is 2. The van der Waals surface area contributed by atoms with Crippen LogP contribution in [0.4, 0.5) is 0 Å². The molecule has 5 rings (SSSR count). The number of amides is 2. The van der Waals surface area contributed by atoms with Crippen molar-refractivity contribution in [3.05, 3.63) is 112 Å². The summed E-state index contributed by atoms with van der Waals surface area (Å²) in [6.07, 6.45) is 2.55. The summed E-state index contributed by atoms with van der Waals surface area (Å²) in [6.45, 7) is 0.774. The fourth-order valence-electron chi connectivity index (χ4n) is 5.41. The van der Waals surface area contributed by atoms with Gasteiger partial charge in [0.25, 0.3) is 0 Å². The molecule has 3 atom stereocenters. The molecular weight excluding hydrogens is 631 g/mol. The third-order valence-electron chi connectivity index (χ3n) is 7.92. The Bertz CT molecular complexity index is 1610. The molecule has 10 nitrogen and oxygen atoms in total. The number of unbranched alkanes of at least 4 members (excludes halogenated alkanes) is 1. The van der Waals surface area contributed by atoms with Gasteiger partial charge in [0.05, 0.1) is 31.7 Å². The van der Waals surface area contributed by atoms with E-state index in [0.29, 0.717) is 43.9 Å². The Kier molecular flexibility index (Phi) is 11.8. The standard InChI is InChI=1S/C34H36Cl2N4O6/c35-32-33(36)40(21-38-32)19-27-17-29(24-11-9-22(20-41)10-12-24)46-34(45-27)25-15-13-23(14-16-25)28-6-2-1-5-26(28)18-37-30(42)7-3-4-8-31(43)39-44/h1-2,5-6,9-16,21,27,29,34,41,44H,3-4,7-8,17-20H2,(H,37,42)(H,39,43). The molecule has 1 aliphatic rings. The molecule has 0 spiro atoms. The Labute approximate surface area is 277 Å². The molecule has 0 radical (unpaired) electrons. The second-order valence-corrected chi connectivity index (χ2v) is 11.8. The van der Waals surface area contributed by atoms with Gasteiger partial charge in [0.15, 0.2) is 11.4 Å². The first-order valence-electron chi connectivity index (χ1n) is 15.1. The number of benzene rings is 3. The lowest BCUT2D eigenvalue weighted by Gasteiger charge is -2.36. The lowest BCUT2D eigenvalue weighted by atomic mass is 9.97. The van der Waals surface area contributed by atoms with Crippen LogP contribution in [0.5, 0.6) is 0 Å². The number of ether oxygens (including phenoxy) is 2. The van der Waals surface area contributed by atoms with Gasteiger partial charge in [-0.1, -0.05) is 96.0 Å². The van der Waals surface area contributed by atoms with Crippen LogP contribution in [0.2, 0.25) is 10.3 Å². The summed E-state index contributed by atoms with van der Waals surface area (Å²) < 4.78 is 14.7. The number of imidazole rings is 1. The largest absolute Gasteiger partial charge is 0.392 e. The maximum atomic E-state index is 12.4. The second kappa shape index (κ2) is 16.2. The van der Waals surface area contributed by atoms with Crippen LogP contribution in [0.15, 0.2) is 79.1 Å². The zero-order valence-electron chi connectivity index (χ0n) is 25.1. The van der Waals surface area contributed by atoms with Crippen molar-refractivity contribution in [1.29, 1.82) is 0 Å². The first-order valence-corrected chi connectivity index (χ1v) is 15.8. The molecule has 242 valence electrons. The van der Waals surface area contributed by atoms with Crippen LogP contribution in [0.1, 0.15) is 66.8 Å². The van der Waals surface area contributed by atoms with Gasteiger partial charge >= 0.3 is 0 Å². The van der Waals surface area contributed by atoms with Gasteiger partial charge in [0, 0.05) is 31.4 Å². The van der Waals surface area contributed by atoms with Crippen molar-refractivity contribution in [2.45, 2.75) is 70.3 Å². The van der Waals surface area contributed by atoms with Crippen molar-refractivity contribution in [3.63, 3.8) is 0 Å². The van der Waals surface area contributed by atoms with Gasteiger partial charge in [0.2, 0.25) is 11.8 Å². The van der Waals surface area contributed by atoms with E-state index in [1.165, 1.54) is 0 Å². The molecule has 0 aliphatic carbocycles. The number of hydrogen-bond acceptors (Lipinski definition) is 7. The number of aliphatic hydroxyl groups is 1. The number of hydroxylamine groups is 1. The monoisotopic (exact) mass is 666 g/mol. The van der Waals surface area contributed by atoms with Crippen molar-refractivity contribution in [2.24, 2.45) is 0 Å². The fourth-order valence-corrected chi connectivity index (χ4v) is 5.72. The average Bonchev–Trinajstić information content (AvgIpc) is 3.41. The second-order valence-electron chi connectivity index (χ2n) is 11.1. The van der Waals surface area contributed by atoms with Crippen LogP contribution in [-0.2, 0) is 38.8 Å². The van der Waals surface area contributed by atoms with Gasteiger partial charge in [-0.3, -0.25) is 14.8 Å². The van der Waals surface area contributed by atoms with Gasteiger partial charge in [0.1, 0.15) is 5.15 Å². The minimum absolute atomic E-state index is 0.0324. The van der Waals surface area contributed by atoms with Crippen molar-refractivity contribution < 1.29 is 29.4 Å². The van der Waals surface area contributed by atoms with Crippen LogP contribution in [0, 0.1) is 0 Å². The Morgan fingerprint density at radius 3 is 2.28 bits per heavy atom. The lowest BCUT2D eigenvalue weighted by Crippen LogP contribution is -2.32. The maximum Gasteiger partial charge on any atom is 0.243 e. The predicted octanol–water partition coefficient (Wildman–Crippen LogP) is 6.28. The molecule has 0 bridgehead atoms. The van der Waals surface area contributed by atoms with Crippen LogP contribution in [-0.4, -0.2) is 37.8 Å². The van der Waals surface area contributed by atoms with E-state index in [9.17, 15) is 14.7 Å². The zero-order valence-corrected chi connectivity index (χ0v) is 26.6. The summed E-state index contributed by atoms with van der Waals surface area (Å²) in [5.74, 6) is -0.560. The molecule has 1 aliphatic heterocycles. The van der Waals surface area contributed by atoms with Crippen LogP contribution >= 0.6 is 23.2 Å². The summed E-state index contributed by atoms with van der Waals surface area (Å²) in [6, 6.07) is 23.6. The molecule has 2 amide bonds. The van der Waals surface area contributed by atoms with E-state index in [2.05, 4.69) is 10.3 Å². The molecule has 46 heavy (non-hydrogen) atoms. The van der Waals surface area contributed by atoms with E-state index in [0.717, 1.165) is 33.4 Å². The highest BCUT2D eigenvalue weighted by atomic mass is 35.5. The Balaban J connectivity index is 1.28. The van der Waals surface area contributed by atoms with Crippen LogP contribution < -0.4 is 10.8 Å². The molecule has 1 fully saturated rings. The highest BCUT2D eigenvalue weighted by molar-refractivity contribution is 6.40. The molecule has 3 unspecified atom stereocenters. The zero-order chi connectivity index (χ0) is 32.5. The average molecular weight is 668 g/mol. The van der Waals surface area contributed by atoms with Gasteiger partial charge < -0.3 is 24.5 Å². The van der Waals surface area contributed by atoms with Crippen LogP contribution in [0.25, 0.3) is 11.1 Å². The third kappa shape index (κ3) is 8.73. The molecule has 1 aromatic heterocycles. The lowest BCUT2D eigenvalue weighted by molar-refractivity contribution is -0.252. The van der Waals surface area contributed by atoms with E-state index in [-0.39, 0.29) is 36.3 Å². The molecule has 3 aromatic carbocycles. The first kappa shape index (κ1) is 33.6. The number of nitrogens with one attached hydrogen (secondary N) is 2. The van der Waals surface area contributed by atoms with Gasteiger partial charge in [-0.2, -0.15) is 0 Å². The maximum absolute atomic E-state index is 12.4. The number of halogens is 2. The van der Waals surface area contributed by atoms with Crippen molar-refractivity contribution in [2.75, 3.05) is 0 Å². The fraction of sp³-hybridized carbons (Fsp3) is 0.324. The number of aliphatic hydroxyl groups excluding tert-OH is 1. The predicted molar refractivity (Wildman–Crippen MR) is 173 cm³/mol. The van der Waals surface area contributed by atoms with E-state index < -0.39 is 12.2 Å². The Morgan fingerprint density at radius 2 is 1.61 bits per heavy atom. The van der Waals surface area contributed by atoms with E-state index >= 15 is 0 Å². The highest BCUT2D eigenvalue weighted by Crippen LogP contribution is 2.39. The Morgan fingerprint density at radius 1 is 0.913 bits per heavy atom. The molecule has 0 saturated carbocycles. The number of carbonyl (C=O) groups is 2. The first-order chi connectivity index (χ1) is 22.3. The summed E-state index contributed by atoms with van der Waals surface area (Å²) in [4.78, 5) is 27.6. The van der Waals surface area contributed by atoms with Crippen LogP contribution in [0.3, 0.4) is 0 Å². The number of rotatable bonds is 13. The smallest absolute Gasteiger partial charge is 0.243 e. The summed E-state index contributed by atoms with van der Waals surface area (Å²) in [7, 11) is 0. The van der Waals surface area contributed by atoms with Gasteiger partial charge in [-0.05, 0) is 40.7 Å². The highest BCUT2D eigenvalue weighted by Gasteiger charge is 2.33. The SMILES string of the molecule is O=C(CCCCC(=O)NCc1ccccc1-c1ccc(C2OC(Cn3cnc(Cl)c3Cl)CC(c3ccc(CO)cc3)O2)cc1)NO. The van der Waals surface area contributed by atoms with Gasteiger partial charge in [-0.15, -0.1) is 0 Å². The summed E-state index contributed by atoms with van der Waals surface area (Å²) in [5, 5.41) is 21.6. The van der Waals surface area contributed by atoms with Crippen molar-refractivity contribution in [3.8, 4) is 11.1 Å². The molecule has 4 N–H and O–H groups in total. The quantitative estimate of drug-likeness (QED) is 0.0750. The summed E-state index contributed by atoms with van der Waals surface area (Å²) in [5.41, 5.74) is 7.19. The van der Waals surface area contributed by atoms with Gasteiger partial charge in [-0.25, -0.2) is 10.5 Å². The minimum Gasteiger partial charge on any atom is -0.392 e. The molecular formula is C34H36Cl2N4O6. The molecule has 4 aromatic rings. The minimum atomic E-state index is -0.647. The molecule has 1 saturated heterocycles. The number of nitrogens with zero attached hydrogens (tertiary/aromatic N) is 2. The topological polar surface area (TPSA) is 135 Å². The van der Waals surface area contributed by atoms with E-state index in [1.807, 2.05) is 72.8 Å². The van der Waals surface area contributed by atoms with E-state index in [1.54, 1.807) is 16.4 Å². The normalized spacial score (nSPS) is 17.9. The number of hydrogen-bond donors (Lipinski definition) is 4.